The Labute approximate surface area is 134 Å². The summed E-state index contributed by atoms with van der Waals surface area (Å²) in [6, 6.07) is 2.99. The second-order valence-corrected chi connectivity index (χ2v) is 6.16. The van der Waals surface area contributed by atoms with Gasteiger partial charge in [-0.1, -0.05) is 0 Å². The smallest absolute Gasteiger partial charge is 0.407 e. The van der Waals surface area contributed by atoms with E-state index in [4.69, 9.17) is 9.47 Å². The van der Waals surface area contributed by atoms with Crippen LogP contribution in [0.5, 0.6) is 5.88 Å². The molecule has 126 valence electrons. The minimum absolute atomic E-state index is 0.172. The first-order valence-corrected chi connectivity index (χ1v) is 7.37. The lowest BCUT2D eigenvalue weighted by atomic mass is 10.1. The molecule has 3 N–H and O–H groups in total. The van der Waals surface area contributed by atoms with Crippen LogP contribution in [-0.4, -0.2) is 48.3 Å². The van der Waals surface area contributed by atoms with Gasteiger partial charge in [0.2, 0.25) is 5.88 Å². The highest BCUT2D eigenvalue weighted by atomic mass is 16.6. The van der Waals surface area contributed by atoms with Gasteiger partial charge < -0.3 is 25.4 Å². The van der Waals surface area contributed by atoms with Gasteiger partial charge in [0.25, 0.3) is 5.91 Å². The molecule has 0 saturated carbocycles. The van der Waals surface area contributed by atoms with Crippen molar-refractivity contribution < 1.29 is 19.1 Å². The van der Waals surface area contributed by atoms with Gasteiger partial charge in [0.1, 0.15) is 11.3 Å². The van der Waals surface area contributed by atoms with E-state index in [1.54, 1.807) is 46.1 Å². The zero-order valence-corrected chi connectivity index (χ0v) is 13.7. The van der Waals surface area contributed by atoms with Crippen molar-refractivity contribution in [2.45, 2.75) is 38.5 Å². The molecule has 2 amide bonds. The maximum Gasteiger partial charge on any atom is 0.407 e. The first-order valence-electron chi connectivity index (χ1n) is 7.37. The second-order valence-electron chi connectivity index (χ2n) is 6.16. The lowest BCUT2D eigenvalue weighted by Gasteiger charge is -2.30. The molecule has 0 aromatic carbocycles. The molecule has 0 spiro atoms. The summed E-state index contributed by atoms with van der Waals surface area (Å²) in [7, 11) is 1.69. The Kier molecular flexibility index (Phi) is 5.05. The van der Waals surface area contributed by atoms with Crippen LogP contribution < -0.4 is 20.7 Å². The largest absolute Gasteiger partial charge is 0.461 e. The van der Waals surface area contributed by atoms with Gasteiger partial charge in [-0.3, -0.25) is 4.79 Å². The molecule has 1 aliphatic heterocycles. The zero-order valence-electron chi connectivity index (χ0n) is 13.7. The molecule has 0 aliphatic carbocycles. The van der Waals surface area contributed by atoms with E-state index in [-0.39, 0.29) is 12.5 Å². The number of rotatable bonds is 4. The number of carbonyl (C=O) groups excluding carboxylic acids is 2. The van der Waals surface area contributed by atoms with Crippen LogP contribution in [0.2, 0.25) is 0 Å². The fraction of sp³-hybridized carbons (Fsp3) is 0.533. The topological polar surface area (TPSA) is 102 Å². The molecule has 0 saturated heterocycles. The predicted molar refractivity (Wildman–Crippen MR) is 84.4 cm³/mol. The number of nitrogens with one attached hydrogen (secondary N) is 3. The summed E-state index contributed by atoms with van der Waals surface area (Å²) in [6.45, 7) is 5.51. The number of carbonyl (C=O) groups is 2. The van der Waals surface area contributed by atoms with Crippen LogP contribution in [0.25, 0.3) is 0 Å². The van der Waals surface area contributed by atoms with Gasteiger partial charge in [0, 0.05) is 12.7 Å². The summed E-state index contributed by atoms with van der Waals surface area (Å²) in [5.74, 6) is 0.0606. The van der Waals surface area contributed by atoms with Crippen LogP contribution in [0.15, 0.2) is 18.3 Å². The van der Waals surface area contributed by atoms with Gasteiger partial charge in [-0.05, 0) is 40.0 Å². The summed E-state index contributed by atoms with van der Waals surface area (Å²) < 4.78 is 10.8. The van der Waals surface area contributed by atoms with Crippen molar-refractivity contribution in [2.24, 2.45) is 0 Å². The normalized spacial score (nSPS) is 18.3. The van der Waals surface area contributed by atoms with Crippen LogP contribution >= 0.6 is 0 Å². The number of anilines is 1. The standard InChI is InChI=1S/C15H22N4O4/c1-15(2,3)23-14(21)18-8-10(16-4)11-12(20)19-9-6-5-7-17-13(9)22-11/h5-7,10-11,16H,8H2,1-4H3,(H,18,21)(H,19,20). The van der Waals surface area contributed by atoms with E-state index in [0.717, 1.165) is 0 Å². The fourth-order valence-electron chi connectivity index (χ4n) is 2.09. The zero-order chi connectivity index (χ0) is 17.0. The number of pyridine rings is 1. The number of nitrogens with zero attached hydrogens (tertiary/aromatic N) is 1. The van der Waals surface area contributed by atoms with Crippen LogP contribution in [0.3, 0.4) is 0 Å². The minimum atomic E-state index is -0.808. The van der Waals surface area contributed by atoms with Crippen molar-refractivity contribution in [3.63, 3.8) is 0 Å². The Morgan fingerprint density at radius 2 is 2.26 bits per heavy atom. The van der Waals surface area contributed by atoms with E-state index in [1.165, 1.54) is 0 Å². The van der Waals surface area contributed by atoms with Crippen molar-refractivity contribution >= 4 is 17.7 Å². The number of amides is 2. The monoisotopic (exact) mass is 322 g/mol. The third-order valence-corrected chi connectivity index (χ3v) is 3.13. The van der Waals surface area contributed by atoms with Crippen molar-refractivity contribution in [1.29, 1.82) is 0 Å². The Bertz CT molecular complexity index is 585. The average Bonchev–Trinajstić information content (AvgIpc) is 2.46. The maximum absolute atomic E-state index is 12.2. The molecule has 23 heavy (non-hydrogen) atoms. The molecule has 0 radical (unpaired) electrons. The van der Waals surface area contributed by atoms with E-state index in [1.807, 2.05) is 0 Å². The Balaban J connectivity index is 1.98. The van der Waals surface area contributed by atoms with Crippen molar-refractivity contribution in [2.75, 3.05) is 18.9 Å². The molecule has 8 heteroatoms. The summed E-state index contributed by atoms with van der Waals surface area (Å²) in [4.78, 5) is 28.0. The summed E-state index contributed by atoms with van der Waals surface area (Å²) in [5, 5.41) is 8.34. The number of likely N-dealkylation sites (N-methyl/N-ethyl adjacent to an activating group) is 1. The summed E-state index contributed by atoms with van der Waals surface area (Å²) >= 11 is 0. The highest BCUT2D eigenvalue weighted by Gasteiger charge is 2.35. The molecule has 2 atom stereocenters. The van der Waals surface area contributed by atoms with Crippen molar-refractivity contribution in [1.82, 2.24) is 15.6 Å². The molecular formula is C15H22N4O4. The highest BCUT2D eigenvalue weighted by molar-refractivity contribution is 5.97. The lowest BCUT2D eigenvalue weighted by molar-refractivity contribution is -0.124. The first-order chi connectivity index (χ1) is 10.8. The molecule has 0 bridgehead atoms. The average molecular weight is 322 g/mol. The Morgan fingerprint density at radius 1 is 1.52 bits per heavy atom. The minimum Gasteiger partial charge on any atom is -0.461 e. The van der Waals surface area contributed by atoms with Crippen LogP contribution in [0.4, 0.5) is 10.5 Å². The van der Waals surface area contributed by atoms with Crippen molar-refractivity contribution in [3.05, 3.63) is 18.3 Å². The van der Waals surface area contributed by atoms with Crippen LogP contribution in [0.1, 0.15) is 20.8 Å². The Morgan fingerprint density at radius 3 is 2.91 bits per heavy atom. The first kappa shape index (κ1) is 17.0. The van der Waals surface area contributed by atoms with E-state index < -0.39 is 23.8 Å². The second kappa shape index (κ2) is 6.82. The molecule has 1 aliphatic rings. The lowest BCUT2D eigenvalue weighted by Crippen LogP contribution is -2.55. The third kappa shape index (κ3) is 4.56. The SMILES string of the molecule is CNC(CNC(=O)OC(C)(C)C)C1Oc2ncccc2NC1=O. The number of aromatic nitrogens is 1. The highest BCUT2D eigenvalue weighted by Crippen LogP contribution is 2.26. The summed E-state index contributed by atoms with van der Waals surface area (Å²) in [5.41, 5.74) is -0.0513. The molecule has 2 rings (SSSR count). The molecule has 2 heterocycles. The number of ether oxygens (including phenoxy) is 2. The molecular weight excluding hydrogens is 300 g/mol. The molecule has 8 nitrogen and oxygen atoms in total. The molecule has 2 unspecified atom stereocenters. The number of hydrogen-bond acceptors (Lipinski definition) is 6. The van der Waals surface area contributed by atoms with Crippen LogP contribution in [-0.2, 0) is 9.53 Å². The van der Waals surface area contributed by atoms with Gasteiger partial charge in [0.15, 0.2) is 6.10 Å². The molecule has 1 aromatic rings. The Hall–Kier alpha value is -2.35. The van der Waals surface area contributed by atoms with Crippen molar-refractivity contribution in [3.8, 4) is 5.88 Å². The van der Waals surface area contributed by atoms with Gasteiger partial charge in [-0.25, -0.2) is 9.78 Å². The fourth-order valence-corrected chi connectivity index (χ4v) is 2.09. The molecule has 1 aromatic heterocycles. The van der Waals surface area contributed by atoms with E-state index in [9.17, 15) is 9.59 Å². The van der Waals surface area contributed by atoms with Gasteiger partial charge in [-0.2, -0.15) is 0 Å². The maximum atomic E-state index is 12.2. The number of fused-ring (bicyclic) bond motifs is 1. The quantitative estimate of drug-likeness (QED) is 0.761. The van der Waals surface area contributed by atoms with Gasteiger partial charge in [0.05, 0.1) is 6.04 Å². The molecule has 0 fully saturated rings. The summed E-state index contributed by atoms with van der Waals surface area (Å²) in [6.07, 6.45) is 0.227. The third-order valence-electron chi connectivity index (χ3n) is 3.13. The van der Waals surface area contributed by atoms with Crippen LogP contribution in [0, 0.1) is 0 Å². The van der Waals surface area contributed by atoms with Gasteiger partial charge in [-0.15, -0.1) is 0 Å². The number of alkyl carbamates (subject to hydrolysis) is 1. The van der Waals surface area contributed by atoms with Gasteiger partial charge >= 0.3 is 6.09 Å². The van der Waals surface area contributed by atoms with E-state index in [2.05, 4.69) is 20.9 Å². The number of hydrogen-bond donors (Lipinski definition) is 3. The predicted octanol–water partition coefficient (Wildman–Crippen LogP) is 0.894. The van der Waals surface area contributed by atoms with E-state index >= 15 is 0 Å². The van der Waals surface area contributed by atoms with E-state index in [0.29, 0.717) is 11.6 Å².